The first kappa shape index (κ1) is 20.0. The SMILES string of the molecule is COc1ccc(C(=O)N2CCC(n3cc(-c4nc(C(C)C)no4)nn3)CC2)cc1F. The number of halogens is 1. The average molecular weight is 414 g/mol. The molecule has 0 spiro atoms. The molecule has 0 atom stereocenters. The topological polar surface area (TPSA) is 99.2 Å². The molecule has 10 heteroatoms. The smallest absolute Gasteiger partial charge is 0.280 e. The summed E-state index contributed by atoms with van der Waals surface area (Å²) < 4.78 is 25.9. The molecule has 0 unspecified atom stereocenters. The first-order valence-corrected chi connectivity index (χ1v) is 9.85. The molecule has 4 rings (SSSR count). The van der Waals surface area contributed by atoms with Gasteiger partial charge in [-0.15, -0.1) is 5.10 Å². The van der Waals surface area contributed by atoms with Crippen molar-refractivity contribution in [3.8, 4) is 17.3 Å². The lowest BCUT2D eigenvalue weighted by molar-refractivity contribution is 0.0688. The van der Waals surface area contributed by atoms with Gasteiger partial charge in [0.2, 0.25) is 0 Å². The fourth-order valence-corrected chi connectivity index (χ4v) is 3.44. The molecule has 1 fully saturated rings. The van der Waals surface area contributed by atoms with Crippen LogP contribution in [0.3, 0.4) is 0 Å². The number of piperidine rings is 1. The van der Waals surface area contributed by atoms with E-state index in [4.69, 9.17) is 9.26 Å². The maximum Gasteiger partial charge on any atom is 0.280 e. The molecular weight excluding hydrogens is 391 g/mol. The number of carbonyl (C=O) groups excluding carboxylic acids is 1. The molecule has 1 aliphatic heterocycles. The van der Waals surface area contributed by atoms with Crippen LogP contribution in [0.2, 0.25) is 0 Å². The summed E-state index contributed by atoms with van der Waals surface area (Å²) >= 11 is 0. The zero-order valence-electron chi connectivity index (χ0n) is 17.1. The van der Waals surface area contributed by atoms with E-state index in [-0.39, 0.29) is 23.6 Å². The summed E-state index contributed by atoms with van der Waals surface area (Å²) in [6.07, 6.45) is 3.22. The number of rotatable bonds is 5. The van der Waals surface area contributed by atoms with Crippen LogP contribution in [0.4, 0.5) is 4.39 Å². The molecule has 30 heavy (non-hydrogen) atoms. The first-order valence-electron chi connectivity index (χ1n) is 9.85. The molecule has 1 saturated heterocycles. The van der Waals surface area contributed by atoms with Gasteiger partial charge in [-0.25, -0.2) is 9.07 Å². The zero-order chi connectivity index (χ0) is 21.3. The third-order valence-corrected chi connectivity index (χ3v) is 5.21. The fourth-order valence-electron chi connectivity index (χ4n) is 3.44. The van der Waals surface area contributed by atoms with Crippen LogP contribution in [0, 0.1) is 5.82 Å². The van der Waals surface area contributed by atoms with Crippen molar-refractivity contribution >= 4 is 5.91 Å². The van der Waals surface area contributed by atoms with Crippen molar-refractivity contribution in [3.05, 3.63) is 41.6 Å². The van der Waals surface area contributed by atoms with Crippen LogP contribution >= 0.6 is 0 Å². The number of hydrogen-bond acceptors (Lipinski definition) is 7. The number of aromatic nitrogens is 5. The van der Waals surface area contributed by atoms with E-state index in [1.807, 2.05) is 13.8 Å². The molecule has 0 bridgehead atoms. The van der Waals surface area contributed by atoms with Gasteiger partial charge in [-0.3, -0.25) is 4.79 Å². The van der Waals surface area contributed by atoms with E-state index in [1.54, 1.807) is 21.8 Å². The molecule has 0 N–H and O–H groups in total. The minimum absolute atomic E-state index is 0.107. The van der Waals surface area contributed by atoms with Crippen LogP contribution in [0.1, 0.15) is 54.8 Å². The van der Waals surface area contributed by atoms with Gasteiger partial charge in [0.15, 0.2) is 23.1 Å². The Bertz CT molecular complexity index is 1040. The Kier molecular flexibility index (Phi) is 5.47. The molecule has 3 aromatic rings. The van der Waals surface area contributed by atoms with Crippen molar-refractivity contribution in [2.45, 2.75) is 38.6 Å². The third kappa shape index (κ3) is 3.89. The van der Waals surface area contributed by atoms with E-state index >= 15 is 0 Å². The highest BCUT2D eigenvalue weighted by Crippen LogP contribution is 2.26. The molecule has 0 saturated carbocycles. The normalized spacial score (nSPS) is 15.0. The quantitative estimate of drug-likeness (QED) is 0.633. The molecule has 9 nitrogen and oxygen atoms in total. The molecule has 1 aliphatic rings. The van der Waals surface area contributed by atoms with Gasteiger partial charge in [-0.2, -0.15) is 4.98 Å². The van der Waals surface area contributed by atoms with E-state index in [9.17, 15) is 9.18 Å². The predicted molar refractivity (Wildman–Crippen MR) is 105 cm³/mol. The maximum absolute atomic E-state index is 13.9. The van der Waals surface area contributed by atoms with Gasteiger partial charge in [-0.05, 0) is 31.0 Å². The van der Waals surface area contributed by atoms with Crippen LogP contribution in [-0.2, 0) is 0 Å². The van der Waals surface area contributed by atoms with E-state index in [2.05, 4.69) is 20.5 Å². The van der Waals surface area contributed by atoms with Crippen molar-refractivity contribution in [1.29, 1.82) is 0 Å². The monoisotopic (exact) mass is 414 g/mol. The van der Waals surface area contributed by atoms with Crippen molar-refractivity contribution < 1.29 is 18.4 Å². The van der Waals surface area contributed by atoms with E-state index in [0.29, 0.717) is 48.9 Å². The Morgan fingerprint density at radius 2 is 2.07 bits per heavy atom. The number of methoxy groups -OCH3 is 1. The molecule has 2 aromatic heterocycles. The summed E-state index contributed by atoms with van der Waals surface area (Å²) in [5.41, 5.74) is 0.841. The molecule has 0 aliphatic carbocycles. The Hall–Kier alpha value is -3.30. The highest BCUT2D eigenvalue weighted by atomic mass is 19.1. The number of carbonyl (C=O) groups is 1. The molecule has 0 radical (unpaired) electrons. The summed E-state index contributed by atoms with van der Waals surface area (Å²) in [6.45, 7) is 5.07. The van der Waals surface area contributed by atoms with Gasteiger partial charge in [0, 0.05) is 24.6 Å². The zero-order valence-corrected chi connectivity index (χ0v) is 17.1. The van der Waals surface area contributed by atoms with Crippen LogP contribution in [-0.4, -0.2) is 56.1 Å². The standard InChI is InChI=1S/C20H23FN6O3/c1-12(2)18-22-19(30-24-18)16-11-27(25-23-16)14-6-8-26(9-7-14)20(28)13-4-5-17(29-3)15(21)10-13/h4-5,10-12,14H,6-9H2,1-3H3. The summed E-state index contributed by atoms with van der Waals surface area (Å²) in [7, 11) is 1.39. The van der Waals surface area contributed by atoms with Gasteiger partial charge in [0.25, 0.3) is 11.8 Å². The number of likely N-dealkylation sites (tertiary alicyclic amines) is 1. The number of nitrogens with zero attached hydrogens (tertiary/aromatic N) is 6. The van der Waals surface area contributed by atoms with Crippen LogP contribution in [0.25, 0.3) is 11.6 Å². The highest BCUT2D eigenvalue weighted by Gasteiger charge is 2.26. The predicted octanol–water partition coefficient (Wildman–Crippen LogP) is 3.08. The summed E-state index contributed by atoms with van der Waals surface area (Å²) in [5, 5.41) is 12.3. The number of ether oxygens (including phenoxy) is 1. The van der Waals surface area contributed by atoms with E-state index in [1.165, 1.54) is 19.2 Å². The number of hydrogen-bond donors (Lipinski definition) is 0. The lowest BCUT2D eigenvalue weighted by Crippen LogP contribution is -2.39. The second kappa shape index (κ2) is 8.21. The maximum atomic E-state index is 13.9. The van der Waals surface area contributed by atoms with Crippen molar-refractivity contribution in [3.63, 3.8) is 0 Å². The summed E-state index contributed by atoms with van der Waals surface area (Å²) in [5.74, 6) is 0.518. The second-order valence-electron chi connectivity index (χ2n) is 7.57. The van der Waals surface area contributed by atoms with Gasteiger partial charge in [0.1, 0.15) is 0 Å². The number of benzene rings is 1. The largest absolute Gasteiger partial charge is 0.494 e. The molecule has 1 amide bonds. The molecule has 1 aromatic carbocycles. The molecular formula is C20H23FN6O3. The minimum Gasteiger partial charge on any atom is -0.494 e. The van der Waals surface area contributed by atoms with Crippen molar-refractivity contribution in [2.24, 2.45) is 0 Å². The van der Waals surface area contributed by atoms with E-state index < -0.39 is 5.82 Å². The Morgan fingerprint density at radius 3 is 2.70 bits per heavy atom. The summed E-state index contributed by atoms with van der Waals surface area (Å²) in [6, 6.07) is 4.37. The van der Waals surface area contributed by atoms with Crippen molar-refractivity contribution in [1.82, 2.24) is 30.0 Å². The lowest BCUT2D eigenvalue weighted by atomic mass is 10.0. The Morgan fingerprint density at radius 1 is 1.30 bits per heavy atom. The van der Waals surface area contributed by atoms with Gasteiger partial charge in [0.05, 0.1) is 19.3 Å². The average Bonchev–Trinajstić information content (AvgIpc) is 3.43. The second-order valence-corrected chi connectivity index (χ2v) is 7.57. The highest BCUT2D eigenvalue weighted by molar-refractivity contribution is 5.94. The van der Waals surface area contributed by atoms with Crippen LogP contribution < -0.4 is 4.74 Å². The van der Waals surface area contributed by atoms with Gasteiger partial charge >= 0.3 is 0 Å². The third-order valence-electron chi connectivity index (χ3n) is 5.21. The Labute approximate surface area is 172 Å². The fraction of sp³-hybridized carbons (Fsp3) is 0.450. The number of amides is 1. The van der Waals surface area contributed by atoms with Crippen LogP contribution in [0.15, 0.2) is 28.9 Å². The van der Waals surface area contributed by atoms with Gasteiger partial charge in [-0.1, -0.05) is 24.2 Å². The van der Waals surface area contributed by atoms with Gasteiger partial charge < -0.3 is 14.2 Å². The first-order chi connectivity index (χ1) is 14.5. The summed E-state index contributed by atoms with van der Waals surface area (Å²) in [4.78, 5) is 18.8. The Balaban J connectivity index is 1.39. The molecule has 3 heterocycles. The van der Waals surface area contributed by atoms with Crippen molar-refractivity contribution in [2.75, 3.05) is 20.2 Å². The lowest BCUT2D eigenvalue weighted by Gasteiger charge is -2.31. The van der Waals surface area contributed by atoms with E-state index in [0.717, 1.165) is 0 Å². The molecule has 158 valence electrons. The minimum atomic E-state index is -0.546. The van der Waals surface area contributed by atoms with Crippen LogP contribution in [0.5, 0.6) is 5.75 Å².